The maximum atomic E-state index is 11.6. The predicted octanol–water partition coefficient (Wildman–Crippen LogP) is 2.88. The van der Waals surface area contributed by atoms with E-state index in [2.05, 4.69) is 4.74 Å². The van der Waals surface area contributed by atoms with Crippen LogP contribution in [-0.2, 0) is 0 Å². The third kappa shape index (κ3) is 5.23. The van der Waals surface area contributed by atoms with Crippen LogP contribution in [0.15, 0.2) is 24.3 Å². The Labute approximate surface area is 77.7 Å². The van der Waals surface area contributed by atoms with Crippen molar-refractivity contribution in [1.82, 2.24) is 0 Å². The van der Waals surface area contributed by atoms with Crippen molar-refractivity contribution in [2.24, 2.45) is 0 Å². The zero-order valence-electron chi connectivity index (χ0n) is 7.18. The maximum Gasteiger partial charge on any atom is 0.573 e. The first-order chi connectivity index (χ1) is 6.47. The monoisotopic (exact) mass is 212 g/mol. The molecule has 1 aromatic carbocycles. The van der Waals surface area contributed by atoms with Gasteiger partial charge < -0.3 is 9.84 Å². The van der Waals surface area contributed by atoms with Crippen LogP contribution >= 0.6 is 0 Å². The van der Waals surface area contributed by atoms with Gasteiger partial charge in [-0.3, -0.25) is 4.39 Å². The summed E-state index contributed by atoms with van der Waals surface area (Å²) in [7, 11) is 0.500. The van der Waals surface area contributed by atoms with Gasteiger partial charge in [-0.1, -0.05) is 0 Å². The fraction of sp³-hybridized carbons (Fsp3) is 0.250. The average Bonchev–Trinajstić information content (AvgIpc) is 2.10. The minimum absolute atomic E-state index is 0.107. The lowest BCUT2D eigenvalue weighted by Gasteiger charge is -2.07. The smallest absolute Gasteiger partial charge is 0.508 e. The van der Waals surface area contributed by atoms with Gasteiger partial charge in [-0.15, -0.1) is 13.2 Å². The molecule has 0 aliphatic rings. The second-order valence-electron chi connectivity index (χ2n) is 2.04. The fourth-order valence-electron chi connectivity index (χ4n) is 0.648. The Balaban J connectivity index is 0.000000791. The molecule has 0 atom stereocenters. The van der Waals surface area contributed by atoms with Gasteiger partial charge >= 0.3 is 6.36 Å². The fourth-order valence-corrected chi connectivity index (χ4v) is 0.648. The maximum absolute atomic E-state index is 11.6. The summed E-state index contributed by atoms with van der Waals surface area (Å²) in [6.07, 6.45) is -4.68. The van der Waals surface area contributed by atoms with Crippen LogP contribution in [0.4, 0.5) is 17.6 Å². The molecule has 0 aliphatic carbocycles. The molecule has 2 nitrogen and oxygen atoms in total. The normalized spacial score (nSPS) is 10.1. The Morgan fingerprint density at radius 2 is 1.50 bits per heavy atom. The first kappa shape index (κ1) is 12.5. The number of benzene rings is 1. The molecular formula is C8H8F4O2. The number of ether oxygens (including phenoxy) is 1. The van der Waals surface area contributed by atoms with Gasteiger partial charge in [0.1, 0.15) is 11.5 Å². The molecular weight excluding hydrogens is 204 g/mol. The van der Waals surface area contributed by atoms with Crippen molar-refractivity contribution in [1.29, 1.82) is 0 Å². The summed E-state index contributed by atoms with van der Waals surface area (Å²) in [6.45, 7) is 0. The number of hydrogen-bond donors (Lipinski definition) is 1. The average molecular weight is 212 g/mol. The highest BCUT2D eigenvalue weighted by atomic mass is 19.4. The number of alkyl halides is 4. The van der Waals surface area contributed by atoms with E-state index in [4.69, 9.17) is 5.11 Å². The Hall–Kier alpha value is -1.46. The van der Waals surface area contributed by atoms with Gasteiger partial charge in [0.15, 0.2) is 0 Å². The van der Waals surface area contributed by atoms with Gasteiger partial charge in [-0.2, -0.15) is 0 Å². The number of rotatable bonds is 1. The number of phenolic OH excluding ortho intramolecular Hbond substituents is 1. The van der Waals surface area contributed by atoms with E-state index >= 15 is 0 Å². The molecule has 0 fully saturated rings. The molecule has 1 N–H and O–H groups in total. The second-order valence-corrected chi connectivity index (χ2v) is 2.04. The number of halogens is 4. The quantitative estimate of drug-likeness (QED) is 0.725. The molecule has 0 amide bonds. The van der Waals surface area contributed by atoms with Crippen LogP contribution in [-0.4, -0.2) is 18.6 Å². The number of aromatic hydroxyl groups is 1. The summed E-state index contributed by atoms with van der Waals surface area (Å²) < 4.78 is 47.7. The van der Waals surface area contributed by atoms with Crippen LogP contribution in [0.3, 0.4) is 0 Å². The molecule has 80 valence electrons. The van der Waals surface area contributed by atoms with Crippen molar-refractivity contribution in [2.45, 2.75) is 6.36 Å². The second kappa shape index (κ2) is 5.31. The van der Waals surface area contributed by atoms with E-state index in [1.54, 1.807) is 0 Å². The van der Waals surface area contributed by atoms with Crippen LogP contribution in [0, 0.1) is 0 Å². The highest BCUT2D eigenvalue weighted by Crippen LogP contribution is 2.23. The van der Waals surface area contributed by atoms with Crippen molar-refractivity contribution in [3.05, 3.63) is 24.3 Å². The SMILES string of the molecule is CF.Oc1ccc(OC(F)(F)F)cc1. The van der Waals surface area contributed by atoms with Gasteiger partial charge in [-0.05, 0) is 24.3 Å². The minimum Gasteiger partial charge on any atom is -0.508 e. The van der Waals surface area contributed by atoms with Gasteiger partial charge in [-0.25, -0.2) is 0 Å². The molecule has 14 heavy (non-hydrogen) atoms. The Morgan fingerprint density at radius 3 is 1.86 bits per heavy atom. The van der Waals surface area contributed by atoms with E-state index in [-0.39, 0.29) is 11.5 Å². The van der Waals surface area contributed by atoms with E-state index in [0.717, 1.165) is 24.3 Å². The van der Waals surface area contributed by atoms with Crippen LogP contribution in [0.25, 0.3) is 0 Å². The molecule has 1 aromatic rings. The van der Waals surface area contributed by atoms with Crippen LogP contribution in [0.2, 0.25) is 0 Å². The van der Waals surface area contributed by atoms with E-state index in [1.807, 2.05) is 0 Å². The van der Waals surface area contributed by atoms with Gasteiger partial charge in [0.25, 0.3) is 0 Å². The summed E-state index contributed by atoms with van der Waals surface area (Å²) in [5.41, 5.74) is 0. The van der Waals surface area contributed by atoms with E-state index in [9.17, 15) is 17.6 Å². The number of hydrogen-bond acceptors (Lipinski definition) is 2. The molecule has 0 aliphatic heterocycles. The molecule has 0 radical (unpaired) electrons. The molecule has 0 unspecified atom stereocenters. The Kier molecular flexibility index (Phi) is 4.76. The van der Waals surface area contributed by atoms with Crippen molar-refractivity contribution in [3.63, 3.8) is 0 Å². The van der Waals surface area contributed by atoms with E-state index in [1.165, 1.54) is 0 Å². The van der Waals surface area contributed by atoms with Crippen LogP contribution in [0.5, 0.6) is 11.5 Å². The van der Waals surface area contributed by atoms with E-state index < -0.39 is 6.36 Å². The molecule has 0 spiro atoms. The Bertz CT molecular complexity index is 255. The van der Waals surface area contributed by atoms with Crippen molar-refractivity contribution >= 4 is 0 Å². The van der Waals surface area contributed by atoms with E-state index in [0.29, 0.717) is 7.18 Å². The molecule has 6 heteroatoms. The summed E-state index contributed by atoms with van der Waals surface area (Å²) in [5.74, 6) is -0.454. The lowest BCUT2D eigenvalue weighted by Crippen LogP contribution is -2.16. The first-order valence-corrected chi connectivity index (χ1v) is 3.40. The molecule has 0 bridgehead atoms. The topological polar surface area (TPSA) is 29.5 Å². The molecule has 0 saturated heterocycles. The molecule has 1 rings (SSSR count). The highest BCUT2D eigenvalue weighted by molar-refractivity contribution is 5.30. The van der Waals surface area contributed by atoms with Gasteiger partial charge in [0.2, 0.25) is 0 Å². The van der Waals surface area contributed by atoms with Crippen LogP contribution in [0.1, 0.15) is 0 Å². The van der Waals surface area contributed by atoms with Crippen LogP contribution < -0.4 is 4.74 Å². The lowest BCUT2D eigenvalue weighted by atomic mass is 10.3. The summed E-state index contributed by atoms with van der Waals surface area (Å²) >= 11 is 0. The zero-order chi connectivity index (χ0) is 11.2. The molecule has 0 aromatic heterocycles. The first-order valence-electron chi connectivity index (χ1n) is 3.40. The Morgan fingerprint density at radius 1 is 1.07 bits per heavy atom. The third-order valence-electron chi connectivity index (χ3n) is 1.07. The molecule has 0 saturated carbocycles. The molecule has 0 heterocycles. The summed E-state index contributed by atoms with van der Waals surface area (Å²) in [5, 5.41) is 8.72. The third-order valence-corrected chi connectivity index (χ3v) is 1.07. The highest BCUT2D eigenvalue weighted by Gasteiger charge is 2.30. The van der Waals surface area contributed by atoms with Gasteiger partial charge in [0.05, 0.1) is 7.18 Å². The number of phenols is 1. The van der Waals surface area contributed by atoms with Crippen molar-refractivity contribution in [2.75, 3.05) is 7.18 Å². The minimum atomic E-state index is -4.68. The zero-order valence-corrected chi connectivity index (χ0v) is 7.18. The summed E-state index contributed by atoms with van der Waals surface area (Å²) in [4.78, 5) is 0. The standard InChI is InChI=1S/C7H5F3O2.CH3F/c8-7(9,10)12-6-3-1-5(11)2-4-6;1-2/h1-4,11H;1H3. The lowest BCUT2D eigenvalue weighted by molar-refractivity contribution is -0.274. The van der Waals surface area contributed by atoms with Crippen molar-refractivity contribution in [3.8, 4) is 11.5 Å². The van der Waals surface area contributed by atoms with Gasteiger partial charge in [0, 0.05) is 0 Å². The predicted molar refractivity (Wildman–Crippen MR) is 41.8 cm³/mol. The largest absolute Gasteiger partial charge is 0.573 e. The summed E-state index contributed by atoms with van der Waals surface area (Å²) in [6, 6.07) is 4.29. The van der Waals surface area contributed by atoms with Crippen molar-refractivity contribution < 1.29 is 27.4 Å².